The summed E-state index contributed by atoms with van der Waals surface area (Å²) < 4.78 is 5.40. The maximum Gasteiger partial charge on any atom is 0.317 e. The number of carbonyl (C=O) groups excluding carboxylic acids is 2. The molecule has 0 bridgehead atoms. The van der Waals surface area contributed by atoms with E-state index in [9.17, 15) is 9.59 Å². The molecule has 27 heavy (non-hydrogen) atoms. The van der Waals surface area contributed by atoms with E-state index in [2.05, 4.69) is 10.6 Å². The van der Waals surface area contributed by atoms with Crippen molar-refractivity contribution in [1.29, 1.82) is 0 Å². The van der Waals surface area contributed by atoms with Gasteiger partial charge in [-0.05, 0) is 56.9 Å². The normalized spacial score (nSPS) is 18.8. The van der Waals surface area contributed by atoms with Crippen LogP contribution in [0.1, 0.15) is 62.2 Å². The van der Waals surface area contributed by atoms with Gasteiger partial charge in [-0.2, -0.15) is 0 Å². The predicted molar refractivity (Wildman–Crippen MR) is 105 cm³/mol. The van der Waals surface area contributed by atoms with E-state index >= 15 is 0 Å². The molecule has 1 saturated heterocycles. The average molecular weight is 373 g/mol. The van der Waals surface area contributed by atoms with E-state index in [1.807, 2.05) is 24.0 Å². The van der Waals surface area contributed by atoms with Crippen molar-refractivity contribution in [3.63, 3.8) is 0 Å². The lowest BCUT2D eigenvalue weighted by Crippen LogP contribution is -2.51. The summed E-state index contributed by atoms with van der Waals surface area (Å²) in [5.41, 5.74) is 0.635. The van der Waals surface area contributed by atoms with Crippen molar-refractivity contribution in [2.75, 3.05) is 19.7 Å². The molecule has 0 spiro atoms. The maximum absolute atomic E-state index is 12.4. The van der Waals surface area contributed by atoms with E-state index in [0.717, 1.165) is 31.4 Å². The molecule has 1 aromatic rings. The highest BCUT2D eigenvalue weighted by atomic mass is 16.5. The van der Waals surface area contributed by atoms with Crippen molar-refractivity contribution in [2.45, 2.75) is 64.0 Å². The number of likely N-dealkylation sites (tertiary alicyclic amines) is 1. The number of nitrogens with zero attached hydrogens (tertiary/aromatic N) is 1. The second-order valence-electron chi connectivity index (χ2n) is 7.48. The number of amides is 3. The number of carbonyl (C=O) groups is 2. The lowest BCUT2D eigenvalue weighted by molar-refractivity contribution is 0.0917. The van der Waals surface area contributed by atoms with Crippen LogP contribution in [0.15, 0.2) is 24.3 Å². The van der Waals surface area contributed by atoms with Crippen LogP contribution in [0.25, 0.3) is 0 Å². The molecule has 3 rings (SSSR count). The summed E-state index contributed by atoms with van der Waals surface area (Å²) >= 11 is 0. The first-order valence-electron chi connectivity index (χ1n) is 10.2. The smallest absolute Gasteiger partial charge is 0.317 e. The highest BCUT2D eigenvalue weighted by Crippen LogP contribution is 2.19. The monoisotopic (exact) mass is 373 g/mol. The molecule has 1 aromatic carbocycles. The lowest BCUT2D eigenvalue weighted by atomic mass is 9.95. The highest BCUT2D eigenvalue weighted by molar-refractivity contribution is 5.94. The summed E-state index contributed by atoms with van der Waals surface area (Å²) in [6, 6.07) is 7.71. The van der Waals surface area contributed by atoms with Crippen LogP contribution in [-0.2, 0) is 0 Å². The lowest BCUT2D eigenvalue weighted by Gasteiger charge is -2.34. The first kappa shape index (κ1) is 19.5. The molecule has 1 heterocycles. The molecule has 1 saturated carbocycles. The van der Waals surface area contributed by atoms with Crippen molar-refractivity contribution in [1.82, 2.24) is 15.5 Å². The van der Waals surface area contributed by atoms with Crippen molar-refractivity contribution < 1.29 is 14.3 Å². The number of hydrogen-bond acceptors (Lipinski definition) is 3. The average Bonchev–Trinajstić information content (AvgIpc) is 2.70. The second kappa shape index (κ2) is 9.62. The van der Waals surface area contributed by atoms with Crippen molar-refractivity contribution in [3.05, 3.63) is 29.8 Å². The first-order chi connectivity index (χ1) is 13.2. The van der Waals surface area contributed by atoms with Gasteiger partial charge >= 0.3 is 6.03 Å². The van der Waals surface area contributed by atoms with Gasteiger partial charge < -0.3 is 20.3 Å². The Bertz CT molecular complexity index is 618. The second-order valence-corrected chi connectivity index (χ2v) is 7.48. The molecular formula is C21H31N3O3. The Kier molecular flexibility index (Phi) is 6.96. The van der Waals surface area contributed by atoms with Crippen LogP contribution in [0, 0.1) is 0 Å². The minimum atomic E-state index is -0.0665. The predicted octanol–water partition coefficient (Wildman–Crippen LogP) is 3.32. The Morgan fingerprint density at radius 1 is 0.963 bits per heavy atom. The molecule has 2 aliphatic rings. The van der Waals surface area contributed by atoms with Crippen LogP contribution in [0.4, 0.5) is 4.79 Å². The number of urea groups is 1. The number of benzene rings is 1. The fraction of sp³-hybridized carbons (Fsp3) is 0.619. The van der Waals surface area contributed by atoms with E-state index in [-0.39, 0.29) is 18.0 Å². The molecule has 2 fully saturated rings. The Morgan fingerprint density at radius 3 is 2.22 bits per heavy atom. The molecular weight excluding hydrogens is 342 g/mol. The third-order valence-electron chi connectivity index (χ3n) is 5.48. The number of ether oxygens (including phenoxy) is 1. The number of hydrogen-bond donors (Lipinski definition) is 2. The van der Waals surface area contributed by atoms with Gasteiger partial charge in [0, 0.05) is 30.7 Å². The molecule has 1 aliphatic carbocycles. The van der Waals surface area contributed by atoms with E-state index in [4.69, 9.17) is 4.74 Å². The molecule has 0 radical (unpaired) electrons. The van der Waals surface area contributed by atoms with Crippen LogP contribution in [0.5, 0.6) is 5.75 Å². The summed E-state index contributed by atoms with van der Waals surface area (Å²) in [6.45, 7) is 3.92. The third-order valence-corrected chi connectivity index (χ3v) is 5.48. The Balaban J connectivity index is 1.42. The van der Waals surface area contributed by atoms with Gasteiger partial charge in [0.1, 0.15) is 5.75 Å². The van der Waals surface area contributed by atoms with Crippen molar-refractivity contribution in [3.8, 4) is 5.75 Å². The van der Waals surface area contributed by atoms with E-state index < -0.39 is 0 Å². The SMILES string of the molecule is CCOc1ccc(C(=O)NC2CCN(C(=O)NC3CCCCC3)CC2)cc1. The molecule has 0 aromatic heterocycles. The van der Waals surface area contributed by atoms with Gasteiger partial charge in [0.2, 0.25) is 0 Å². The van der Waals surface area contributed by atoms with Crippen molar-refractivity contribution in [2.24, 2.45) is 0 Å². The molecule has 1 aliphatic heterocycles. The van der Waals surface area contributed by atoms with Gasteiger partial charge in [-0.25, -0.2) is 4.79 Å². The Labute approximate surface area is 161 Å². The van der Waals surface area contributed by atoms with Gasteiger partial charge in [0.05, 0.1) is 6.61 Å². The third kappa shape index (κ3) is 5.62. The van der Waals surface area contributed by atoms with Gasteiger partial charge in [-0.1, -0.05) is 19.3 Å². The zero-order valence-electron chi connectivity index (χ0n) is 16.2. The zero-order valence-corrected chi connectivity index (χ0v) is 16.2. The summed E-state index contributed by atoms with van der Waals surface area (Å²) in [4.78, 5) is 26.7. The summed E-state index contributed by atoms with van der Waals surface area (Å²) in [5, 5.41) is 6.26. The van der Waals surface area contributed by atoms with E-state index in [0.29, 0.717) is 31.3 Å². The minimum absolute atomic E-state index is 0.0539. The maximum atomic E-state index is 12.4. The molecule has 3 amide bonds. The topological polar surface area (TPSA) is 70.7 Å². The van der Waals surface area contributed by atoms with Crippen LogP contribution in [0.2, 0.25) is 0 Å². The quantitative estimate of drug-likeness (QED) is 0.832. The molecule has 148 valence electrons. The first-order valence-corrected chi connectivity index (χ1v) is 10.2. The fourth-order valence-corrected chi connectivity index (χ4v) is 3.88. The van der Waals surface area contributed by atoms with Gasteiger partial charge in [0.25, 0.3) is 5.91 Å². The molecule has 0 unspecified atom stereocenters. The Hall–Kier alpha value is -2.24. The Morgan fingerprint density at radius 2 is 1.59 bits per heavy atom. The van der Waals surface area contributed by atoms with Crippen LogP contribution in [-0.4, -0.2) is 48.6 Å². The van der Waals surface area contributed by atoms with Crippen LogP contribution in [0.3, 0.4) is 0 Å². The summed E-state index contributed by atoms with van der Waals surface area (Å²) in [5.74, 6) is 0.703. The number of rotatable bonds is 5. The van der Waals surface area contributed by atoms with Gasteiger partial charge in [-0.3, -0.25) is 4.79 Å². The summed E-state index contributed by atoms with van der Waals surface area (Å²) in [7, 11) is 0. The minimum Gasteiger partial charge on any atom is -0.494 e. The zero-order chi connectivity index (χ0) is 19.1. The molecule has 6 heteroatoms. The number of nitrogens with one attached hydrogen (secondary N) is 2. The van der Waals surface area contributed by atoms with Crippen LogP contribution < -0.4 is 15.4 Å². The highest BCUT2D eigenvalue weighted by Gasteiger charge is 2.26. The van der Waals surface area contributed by atoms with Crippen molar-refractivity contribution >= 4 is 11.9 Å². The van der Waals surface area contributed by atoms with Crippen LogP contribution >= 0.6 is 0 Å². The van der Waals surface area contributed by atoms with Gasteiger partial charge in [0.15, 0.2) is 0 Å². The largest absolute Gasteiger partial charge is 0.494 e. The molecule has 6 nitrogen and oxygen atoms in total. The fourth-order valence-electron chi connectivity index (χ4n) is 3.88. The van der Waals surface area contributed by atoms with Gasteiger partial charge in [-0.15, -0.1) is 0 Å². The molecule has 0 atom stereocenters. The van der Waals surface area contributed by atoms with E-state index in [1.54, 1.807) is 12.1 Å². The van der Waals surface area contributed by atoms with E-state index in [1.165, 1.54) is 19.3 Å². The summed E-state index contributed by atoms with van der Waals surface area (Å²) in [6.07, 6.45) is 7.49. The number of piperidine rings is 1. The standard InChI is InChI=1S/C21H31N3O3/c1-2-27-19-10-8-16(9-11-19)20(25)22-18-12-14-24(15-13-18)21(26)23-17-6-4-3-5-7-17/h8-11,17-18H,2-7,12-15H2,1H3,(H,22,25)(H,23,26). The molecule has 2 N–H and O–H groups in total.